The molecule has 0 aromatic heterocycles. The van der Waals surface area contributed by atoms with Gasteiger partial charge in [0.25, 0.3) is 0 Å². The van der Waals surface area contributed by atoms with Gasteiger partial charge in [-0.25, -0.2) is 4.39 Å². The molecule has 0 unspecified atom stereocenters. The molecule has 0 spiro atoms. The minimum atomic E-state index is -4.41. The first-order valence-corrected chi connectivity index (χ1v) is 11.4. The fraction of sp³-hybridized carbons (Fsp3) is 0.435. The maximum atomic E-state index is 13.3. The lowest BCUT2D eigenvalue weighted by atomic mass is 10.1. The van der Waals surface area contributed by atoms with Crippen molar-refractivity contribution in [2.75, 3.05) is 32.8 Å². The quantitative estimate of drug-likeness (QED) is 0.608. The van der Waals surface area contributed by atoms with Gasteiger partial charge in [-0.2, -0.15) is 13.2 Å². The molecule has 32 heavy (non-hydrogen) atoms. The van der Waals surface area contributed by atoms with E-state index < -0.39 is 17.8 Å². The molecule has 0 radical (unpaired) electrons. The SMILES string of the molecule is O=C([C@@H]1C[C@@H](Sc2ccc(F)cc2)CN1Cc1cccc(C(F)(F)F)c1)N1CCOCC1. The number of carbonyl (C=O) groups excluding carboxylic acids is 1. The molecule has 2 saturated heterocycles. The van der Waals surface area contributed by atoms with Crippen molar-refractivity contribution in [1.29, 1.82) is 0 Å². The number of rotatable bonds is 5. The Labute approximate surface area is 188 Å². The second-order valence-electron chi connectivity index (χ2n) is 8.01. The van der Waals surface area contributed by atoms with Crippen LogP contribution in [0.15, 0.2) is 53.4 Å². The van der Waals surface area contributed by atoms with E-state index >= 15 is 0 Å². The summed E-state index contributed by atoms with van der Waals surface area (Å²) in [5.41, 5.74) is -0.172. The van der Waals surface area contributed by atoms with E-state index in [9.17, 15) is 22.4 Å². The van der Waals surface area contributed by atoms with Crippen molar-refractivity contribution in [2.24, 2.45) is 0 Å². The van der Waals surface area contributed by atoms with Gasteiger partial charge in [-0.1, -0.05) is 18.2 Å². The molecule has 2 aliphatic heterocycles. The van der Waals surface area contributed by atoms with Crippen LogP contribution in [0.4, 0.5) is 17.6 Å². The monoisotopic (exact) mass is 468 g/mol. The summed E-state index contributed by atoms with van der Waals surface area (Å²) in [4.78, 5) is 17.9. The van der Waals surface area contributed by atoms with Crippen LogP contribution in [0.1, 0.15) is 17.5 Å². The van der Waals surface area contributed by atoms with Gasteiger partial charge in [0.05, 0.1) is 24.8 Å². The lowest BCUT2D eigenvalue weighted by Crippen LogP contribution is -2.49. The fourth-order valence-electron chi connectivity index (χ4n) is 4.16. The van der Waals surface area contributed by atoms with E-state index in [0.29, 0.717) is 44.8 Å². The average Bonchev–Trinajstić information content (AvgIpc) is 3.17. The highest BCUT2D eigenvalue weighted by molar-refractivity contribution is 8.00. The molecule has 4 nitrogen and oxygen atoms in total. The first-order chi connectivity index (χ1) is 15.3. The lowest BCUT2D eigenvalue weighted by molar-refractivity contribution is -0.140. The first kappa shape index (κ1) is 23.1. The largest absolute Gasteiger partial charge is 0.416 e. The highest BCUT2D eigenvalue weighted by Crippen LogP contribution is 2.35. The molecule has 2 atom stereocenters. The predicted molar refractivity (Wildman–Crippen MR) is 114 cm³/mol. The van der Waals surface area contributed by atoms with Crippen molar-refractivity contribution in [2.45, 2.75) is 35.3 Å². The van der Waals surface area contributed by atoms with Crippen LogP contribution in [-0.4, -0.2) is 59.8 Å². The normalized spacial score (nSPS) is 22.3. The van der Waals surface area contributed by atoms with Gasteiger partial charge in [0.1, 0.15) is 5.82 Å². The van der Waals surface area contributed by atoms with Gasteiger partial charge in [0, 0.05) is 36.3 Å². The number of halogens is 4. The molecule has 0 N–H and O–H groups in total. The van der Waals surface area contributed by atoms with Gasteiger partial charge < -0.3 is 9.64 Å². The van der Waals surface area contributed by atoms with Crippen LogP contribution in [0.5, 0.6) is 0 Å². The van der Waals surface area contributed by atoms with Crippen LogP contribution in [-0.2, 0) is 22.3 Å². The molecule has 2 fully saturated rings. The maximum absolute atomic E-state index is 13.3. The third-order valence-electron chi connectivity index (χ3n) is 5.73. The summed E-state index contributed by atoms with van der Waals surface area (Å²) >= 11 is 1.57. The van der Waals surface area contributed by atoms with Crippen LogP contribution in [0, 0.1) is 5.82 Å². The minimum Gasteiger partial charge on any atom is -0.378 e. The maximum Gasteiger partial charge on any atom is 0.416 e. The number of ether oxygens (including phenoxy) is 1. The fourth-order valence-corrected chi connectivity index (χ4v) is 5.38. The summed E-state index contributed by atoms with van der Waals surface area (Å²) in [6, 6.07) is 11.0. The smallest absolute Gasteiger partial charge is 0.378 e. The summed E-state index contributed by atoms with van der Waals surface area (Å²) in [5, 5.41) is 0.0706. The Morgan fingerprint density at radius 1 is 1.09 bits per heavy atom. The van der Waals surface area contributed by atoms with Crippen molar-refractivity contribution >= 4 is 17.7 Å². The molecule has 2 aromatic rings. The zero-order chi connectivity index (χ0) is 22.7. The van der Waals surface area contributed by atoms with E-state index in [1.165, 1.54) is 18.2 Å². The van der Waals surface area contributed by atoms with Crippen LogP contribution in [0.2, 0.25) is 0 Å². The molecule has 1 amide bonds. The van der Waals surface area contributed by atoms with Gasteiger partial charge in [-0.3, -0.25) is 9.69 Å². The van der Waals surface area contributed by atoms with E-state index in [2.05, 4.69) is 0 Å². The predicted octanol–water partition coefficient (Wildman–Crippen LogP) is 4.44. The van der Waals surface area contributed by atoms with E-state index in [0.717, 1.165) is 17.0 Å². The molecule has 2 aromatic carbocycles. The van der Waals surface area contributed by atoms with Gasteiger partial charge in [0.15, 0.2) is 0 Å². The van der Waals surface area contributed by atoms with E-state index in [1.807, 2.05) is 4.90 Å². The minimum absolute atomic E-state index is 0.0116. The molecule has 0 saturated carbocycles. The van der Waals surface area contributed by atoms with Crippen molar-refractivity contribution in [1.82, 2.24) is 9.80 Å². The molecule has 172 valence electrons. The number of benzene rings is 2. The van der Waals surface area contributed by atoms with E-state index in [1.54, 1.807) is 34.9 Å². The van der Waals surface area contributed by atoms with Gasteiger partial charge in [-0.05, 0) is 42.3 Å². The number of morpholine rings is 1. The average molecular weight is 469 g/mol. The standard InChI is InChI=1S/C23H24F4N2O2S/c24-18-4-6-19(7-5-18)32-20-13-21(22(30)28-8-10-31-11-9-28)29(15-20)14-16-2-1-3-17(12-16)23(25,26)27/h1-7,12,20-21H,8-11,13-15H2/t20-,21+/m1/s1. The molecule has 9 heteroatoms. The van der Waals surface area contributed by atoms with Crippen LogP contribution < -0.4 is 0 Å². The topological polar surface area (TPSA) is 32.8 Å². The zero-order valence-corrected chi connectivity index (χ0v) is 18.2. The van der Waals surface area contributed by atoms with E-state index in [4.69, 9.17) is 4.74 Å². The number of alkyl halides is 3. The van der Waals surface area contributed by atoms with Gasteiger partial charge >= 0.3 is 6.18 Å². The number of nitrogens with zero attached hydrogens (tertiary/aromatic N) is 2. The summed E-state index contributed by atoms with van der Waals surface area (Å²) in [5.74, 6) is -0.324. The number of thioether (sulfide) groups is 1. The highest BCUT2D eigenvalue weighted by atomic mass is 32.2. The van der Waals surface area contributed by atoms with Crippen molar-refractivity contribution in [3.63, 3.8) is 0 Å². The van der Waals surface area contributed by atoms with Crippen LogP contribution >= 0.6 is 11.8 Å². The number of likely N-dealkylation sites (tertiary alicyclic amines) is 1. The second-order valence-corrected chi connectivity index (χ2v) is 9.38. The van der Waals surface area contributed by atoms with Crippen molar-refractivity contribution in [3.8, 4) is 0 Å². The summed E-state index contributed by atoms with van der Waals surface area (Å²) in [6.07, 6.45) is -3.83. The summed E-state index contributed by atoms with van der Waals surface area (Å²) in [6.45, 7) is 2.81. The zero-order valence-electron chi connectivity index (χ0n) is 17.4. The molecule has 0 bridgehead atoms. The van der Waals surface area contributed by atoms with Crippen molar-refractivity contribution < 1.29 is 27.1 Å². The highest BCUT2D eigenvalue weighted by Gasteiger charge is 2.40. The summed E-state index contributed by atoms with van der Waals surface area (Å²) < 4.78 is 58.0. The molecular formula is C23H24F4N2O2S. The summed E-state index contributed by atoms with van der Waals surface area (Å²) in [7, 11) is 0. The van der Waals surface area contributed by atoms with Gasteiger partial charge in [-0.15, -0.1) is 11.8 Å². The Balaban J connectivity index is 1.52. The van der Waals surface area contributed by atoms with Crippen LogP contribution in [0.3, 0.4) is 0 Å². The number of hydrogen-bond donors (Lipinski definition) is 0. The Kier molecular flexibility index (Phi) is 7.07. The molecule has 2 aliphatic rings. The Morgan fingerprint density at radius 3 is 2.50 bits per heavy atom. The Morgan fingerprint density at radius 2 is 1.81 bits per heavy atom. The third kappa shape index (κ3) is 5.63. The van der Waals surface area contributed by atoms with Crippen molar-refractivity contribution in [3.05, 3.63) is 65.5 Å². The Bertz CT molecular complexity index is 932. The third-order valence-corrected chi connectivity index (χ3v) is 6.95. The molecule has 0 aliphatic carbocycles. The first-order valence-electron chi connectivity index (χ1n) is 10.5. The van der Waals surface area contributed by atoms with Gasteiger partial charge in [0.2, 0.25) is 5.91 Å². The number of hydrogen-bond acceptors (Lipinski definition) is 4. The molecule has 2 heterocycles. The van der Waals surface area contributed by atoms with E-state index in [-0.39, 0.29) is 23.5 Å². The second kappa shape index (κ2) is 9.80. The molecular weight excluding hydrogens is 444 g/mol. The lowest BCUT2D eigenvalue weighted by Gasteiger charge is -2.32. The number of amides is 1. The number of carbonyl (C=O) groups is 1. The molecule has 4 rings (SSSR count). The Hall–Kier alpha value is -2.10. The van der Waals surface area contributed by atoms with Crippen LogP contribution in [0.25, 0.3) is 0 Å².